The van der Waals surface area contributed by atoms with Gasteiger partial charge in [-0.25, -0.2) is 9.97 Å². The van der Waals surface area contributed by atoms with Gasteiger partial charge in [0.25, 0.3) is 0 Å². The third-order valence-electron chi connectivity index (χ3n) is 3.81. The van der Waals surface area contributed by atoms with E-state index in [0.29, 0.717) is 11.1 Å². The summed E-state index contributed by atoms with van der Waals surface area (Å²) in [5.74, 6) is 1.20. The van der Waals surface area contributed by atoms with Gasteiger partial charge in [-0.1, -0.05) is 11.6 Å². The molecule has 0 bridgehead atoms. The van der Waals surface area contributed by atoms with Gasteiger partial charge in [0.15, 0.2) is 5.15 Å². The van der Waals surface area contributed by atoms with Crippen molar-refractivity contribution >= 4 is 23.1 Å². The Balaban J connectivity index is 1.77. The van der Waals surface area contributed by atoms with Crippen LogP contribution < -0.4 is 0 Å². The molecule has 1 aliphatic rings. The highest BCUT2D eigenvalue weighted by Crippen LogP contribution is 2.34. The number of esters is 1. The molecule has 0 unspecified atom stereocenters. The van der Waals surface area contributed by atoms with Crippen LogP contribution in [0.3, 0.4) is 0 Å². The fourth-order valence-electron chi connectivity index (χ4n) is 2.89. The lowest BCUT2D eigenvalue weighted by Gasteiger charge is -2.27. The number of carbonyl (C=O) groups is 1. The van der Waals surface area contributed by atoms with Gasteiger partial charge in [0.2, 0.25) is 0 Å². The number of halogens is 1. The van der Waals surface area contributed by atoms with Gasteiger partial charge in [-0.3, -0.25) is 9.20 Å². The fraction of sp³-hybridized carbons (Fsp3) is 0.500. The molecule has 2 aromatic rings. The number of imidazole rings is 1. The van der Waals surface area contributed by atoms with Crippen LogP contribution in [-0.2, 0) is 9.53 Å². The molecule has 3 rings (SSSR count). The van der Waals surface area contributed by atoms with Crippen LogP contribution in [0.15, 0.2) is 18.6 Å². The molecule has 0 radical (unpaired) electrons. The molecular weight excluding hydrogens is 278 g/mol. The number of rotatable bonds is 2. The molecule has 6 heteroatoms. The minimum atomic E-state index is -0.197. The molecule has 0 atom stereocenters. The van der Waals surface area contributed by atoms with Crippen LogP contribution in [0.2, 0.25) is 5.15 Å². The number of nitrogens with zero attached hydrogens (tertiary/aromatic N) is 3. The molecule has 0 spiro atoms. The molecule has 2 heterocycles. The van der Waals surface area contributed by atoms with Crippen LogP contribution in [0.1, 0.15) is 44.3 Å². The van der Waals surface area contributed by atoms with Crippen molar-refractivity contribution in [3.63, 3.8) is 0 Å². The molecule has 106 valence electrons. The molecule has 1 fully saturated rings. The maximum atomic E-state index is 11.0. The first kappa shape index (κ1) is 13.4. The van der Waals surface area contributed by atoms with Crippen LogP contribution in [0.5, 0.6) is 0 Å². The van der Waals surface area contributed by atoms with Crippen molar-refractivity contribution in [2.75, 3.05) is 0 Å². The third kappa shape index (κ3) is 2.50. The lowest BCUT2D eigenvalue weighted by Crippen LogP contribution is -2.23. The zero-order chi connectivity index (χ0) is 14.1. The Labute approximate surface area is 121 Å². The van der Waals surface area contributed by atoms with E-state index in [1.54, 1.807) is 12.4 Å². The normalized spacial score (nSPS) is 22.9. The van der Waals surface area contributed by atoms with Crippen molar-refractivity contribution < 1.29 is 9.53 Å². The van der Waals surface area contributed by atoms with Crippen LogP contribution in [-0.4, -0.2) is 26.4 Å². The third-order valence-corrected chi connectivity index (χ3v) is 4.10. The monoisotopic (exact) mass is 293 g/mol. The number of carbonyl (C=O) groups excluding carboxylic acids is 1. The first-order chi connectivity index (χ1) is 9.65. The lowest BCUT2D eigenvalue weighted by molar-refractivity contribution is -0.147. The van der Waals surface area contributed by atoms with Crippen LogP contribution in [0.25, 0.3) is 5.52 Å². The van der Waals surface area contributed by atoms with Crippen LogP contribution >= 0.6 is 11.6 Å². The van der Waals surface area contributed by atoms with E-state index in [1.807, 2.05) is 10.6 Å². The predicted octanol–water partition coefficient (Wildman–Crippen LogP) is 2.97. The van der Waals surface area contributed by atoms with Gasteiger partial charge in [-0.2, -0.15) is 0 Å². The second-order valence-corrected chi connectivity index (χ2v) is 5.53. The summed E-state index contributed by atoms with van der Waals surface area (Å²) in [5, 5.41) is 0.472. The highest BCUT2D eigenvalue weighted by molar-refractivity contribution is 6.32. The summed E-state index contributed by atoms with van der Waals surface area (Å²) in [5.41, 5.74) is 0.839. The van der Waals surface area contributed by atoms with Crippen molar-refractivity contribution in [2.24, 2.45) is 0 Å². The molecule has 1 aliphatic carbocycles. The van der Waals surface area contributed by atoms with E-state index in [9.17, 15) is 4.79 Å². The summed E-state index contributed by atoms with van der Waals surface area (Å²) in [4.78, 5) is 19.5. The SMILES string of the molecule is CC(=O)O[C@H]1CC[C@@H](c2ncc3c(Cl)nccn32)CC1. The molecular formula is C14H16ClN3O2. The summed E-state index contributed by atoms with van der Waals surface area (Å²) < 4.78 is 7.27. The number of ether oxygens (including phenoxy) is 1. The molecule has 2 aromatic heterocycles. The number of hydrogen-bond donors (Lipinski definition) is 0. The second kappa shape index (κ2) is 5.40. The van der Waals surface area contributed by atoms with Gasteiger partial charge in [0.1, 0.15) is 17.4 Å². The van der Waals surface area contributed by atoms with E-state index in [0.717, 1.165) is 37.0 Å². The molecule has 20 heavy (non-hydrogen) atoms. The van der Waals surface area contributed by atoms with Crippen molar-refractivity contribution in [3.05, 3.63) is 29.6 Å². The summed E-state index contributed by atoms with van der Waals surface area (Å²) in [6, 6.07) is 0. The summed E-state index contributed by atoms with van der Waals surface area (Å²) in [6.45, 7) is 1.46. The van der Waals surface area contributed by atoms with Gasteiger partial charge in [-0.15, -0.1) is 0 Å². The van der Waals surface area contributed by atoms with Gasteiger partial charge in [-0.05, 0) is 25.7 Å². The Morgan fingerprint density at radius 3 is 2.80 bits per heavy atom. The second-order valence-electron chi connectivity index (χ2n) is 5.17. The van der Waals surface area contributed by atoms with Gasteiger partial charge in [0, 0.05) is 25.2 Å². The Morgan fingerprint density at radius 2 is 2.10 bits per heavy atom. The first-order valence-corrected chi connectivity index (χ1v) is 7.17. The average Bonchev–Trinajstić information content (AvgIpc) is 2.84. The van der Waals surface area contributed by atoms with E-state index >= 15 is 0 Å². The van der Waals surface area contributed by atoms with Crippen molar-refractivity contribution in [2.45, 2.75) is 44.6 Å². The number of aromatic nitrogens is 3. The van der Waals surface area contributed by atoms with Crippen molar-refractivity contribution in [3.8, 4) is 0 Å². The zero-order valence-corrected chi connectivity index (χ0v) is 12.0. The quantitative estimate of drug-likeness (QED) is 0.799. The Kier molecular flexibility index (Phi) is 3.61. The molecule has 1 saturated carbocycles. The lowest BCUT2D eigenvalue weighted by atomic mass is 9.87. The van der Waals surface area contributed by atoms with Crippen LogP contribution in [0.4, 0.5) is 0 Å². The molecule has 0 aromatic carbocycles. The smallest absolute Gasteiger partial charge is 0.302 e. The van der Waals surface area contributed by atoms with Gasteiger partial charge in [0.05, 0.1) is 6.20 Å². The highest BCUT2D eigenvalue weighted by atomic mass is 35.5. The molecule has 0 N–H and O–H groups in total. The summed E-state index contributed by atoms with van der Waals surface area (Å²) in [7, 11) is 0. The van der Waals surface area contributed by atoms with E-state index in [2.05, 4.69) is 9.97 Å². The maximum Gasteiger partial charge on any atom is 0.302 e. The number of fused-ring (bicyclic) bond motifs is 1. The van der Waals surface area contributed by atoms with Gasteiger partial charge < -0.3 is 4.74 Å². The Hall–Kier alpha value is -1.62. The molecule has 5 nitrogen and oxygen atoms in total. The topological polar surface area (TPSA) is 56.5 Å². The van der Waals surface area contributed by atoms with Crippen molar-refractivity contribution in [1.82, 2.24) is 14.4 Å². The van der Waals surface area contributed by atoms with E-state index < -0.39 is 0 Å². The molecule has 0 amide bonds. The highest BCUT2D eigenvalue weighted by Gasteiger charge is 2.26. The zero-order valence-electron chi connectivity index (χ0n) is 11.3. The molecule has 0 saturated heterocycles. The molecule has 0 aliphatic heterocycles. The minimum Gasteiger partial charge on any atom is -0.463 e. The Bertz CT molecular complexity index is 632. The predicted molar refractivity (Wildman–Crippen MR) is 74.8 cm³/mol. The average molecular weight is 294 g/mol. The van der Waals surface area contributed by atoms with E-state index in [1.165, 1.54) is 6.92 Å². The number of hydrogen-bond acceptors (Lipinski definition) is 4. The Morgan fingerprint density at radius 1 is 1.35 bits per heavy atom. The summed E-state index contributed by atoms with van der Waals surface area (Å²) in [6.07, 6.45) is 9.11. The largest absolute Gasteiger partial charge is 0.463 e. The standard InChI is InChI=1S/C14H16ClN3O2/c1-9(19)20-11-4-2-10(3-5-11)14-17-8-12-13(15)16-6-7-18(12)14/h6-8,10-11H,2-5H2,1H3/t10-,11+. The fourth-order valence-corrected chi connectivity index (χ4v) is 3.09. The van der Waals surface area contributed by atoms with Crippen LogP contribution in [0, 0.1) is 0 Å². The summed E-state index contributed by atoms with van der Waals surface area (Å²) >= 11 is 6.06. The van der Waals surface area contributed by atoms with Gasteiger partial charge >= 0.3 is 5.97 Å². The first-order valence-electron chi connectivity index (χ1n) is 6.80. The minimum absolute atomic E-state index is 0.0558. The van der Waals surface area contributed by atoms with E-state index in [-0.39, 0.29) is 12.1 Å². The van der Waals surface area contributed by atoms with E-state index in [4.69, 9.17) is 16.3 Å². The maximum absolute atomic E-state index is 11.0. The van der Waals surface area contributed by atoms with Crippen molar-refractivity contribution in [1.29, 1.82) is 0 Å².